The number of carbonyl (C=O) groups is 1. The Kier molecular flexibility index (Phi) is 2.47. The number of amides is 1. The van der Waals surface area contributed by atoms with Crippen LogP contribution in [-0.4, -0.2) is 26.3 Å². The second-order valence-corrected chi connectivity index (χ2v) is 4.77. The summed E-state index contributed by atoms with van der Waals surface area (Å²) in [7, 11) is 0. The number of nitrogens with zero attached hydrogens (tertiary/aromatic N) is 2. The summed E-state index contributed by atoms with van der Waals surface area (Å²) in [5, 5.41) is 18.4. The van der Waals surface area contributed by atoms with E-state index in [1.54, 1.807) is 18.5 Å². The van der Waals surface area contributed by atoms with Crippen molar-refractivity contribution in [3.63, 3.8) is 0 Å². The fraction of sp³-hybridized carbons (Fsp3) is 0. The van der Waals surface area contributed by atoms with Crippen molar-refractivity contribution in [2.45, 2.75) is 0 Å². The monoisotopic (exact) mass is 277 g/mol. The predicted molar refractivity (Wildman–Crippen MR) is 80.1 cm³/mol. The van der Waals surface area contributed by atoms with Crippen molar-refractivity contribution in [3.8, 4) is 0 Å². The molecule has 2 aromatic heterocycles. The van der Waals surface area contributed by atoms with Crippen LogP contribution in [0.15, 0.2) is 48.8 Å². The van der Waals surface area contributed by atoms with E-state index in [0.29, 0.717) is 5.56 Å². The zero-order valence-corrected chi connectivity index (χ0v) is 10.9. The molecule has 2 heterocycles. The highest BCUT2D eigenvalue weighted by atomic mass is 16.1. The van der Waals surface area contributed by atoms with Gasteiger partial charge in [0.15, 0.2) is 0 Å². The minimum atomic E-state index is -0.173. The van der Waals surface area contributed by atoms with Crippen molar-refractivity contribution in [3.05, 3.63) is 54.4 Å². The quantitative estimate of drug-likeness (QED) is 0.526. The molecule has 4 aromatic rings. The molecular weight excluding hydrogens is 266 g/mol. The van der Waals surface area contributed by atoms with Gasteiger partial charge < -0.3 is 5.32 Å². The Labute approximate surface area is 119 Å². The molecule has 3 N–H and O–H groups in total. The topological polar surface area (TPSA) is 86.5 Å². The van der Waals surface area contributed by atoms with Crippen molar-refractivity contribution in [2.24, 2.45) is 0 Å². The molecule has 0 aliphatic rings. The molecule has 2 aromatic carbocycles. The number of aromatic amines is 2. The average Bonchev–Trinajstić information content (AvgIpc) is 3.14. The molecule has 21 heavy (non-hydrogen) atoms. The van der Waals surface area contributed by atoms with Crippen molar-refractivity contribution >= 4 is 33.4 Å². The van der Waals surface area contributed by atoms with E-state index in [0.717, 1.165) is 27.5 Å². The molecule has 0 saturated heterocycles. The van der Waals surface area contributed by atoms with E-state index in [1.165, 1.54) is 0 Å². The first-order chi connectivity index (χ1) is 10.3. The molecule has 0 spiro atoms. The normalized spacial score (nSPS) is 11.0. The number of fused-ring (bicyclic) bond motifs is 2. The van der Waals surface area contributed by atoms with Gasteiger partial charge in [-0.2, -0.15) is 10.2 Å². The molecule has 4 rings (SSSR count). The Bertz CT molecular complexity index is 953. The number of para-hydroxylation sites is 1. The predicted octanol–water partition coefficient (Wildman–Crippen LogP) is 2.69. The van der Waals surface area contributed by atoms with Gasteiger partial charge in [-0.1, -0.05) is 12.1 Å². The molecule has 0 fully saturated rings. The number of hydrogen-bond acceptors (Lipinski definition) is 3. The largest absolute Gasteiger partial charge is 0.322 e. The van der Waals surface area contributed by atoms with Crippen LogP contribution in [0.4, 0.5) is 5.69 Å². The van der Waals surface area contributed by atoms with E-state index in [4.69, 9.17) is 0 Å². The summed E-state index contributed by atoms with van der Waals surface area (Å²) in [6, 6.07) is 11.1. The van der Waals surface area contributed by atoms with Gasteiger partial charge in [0.2, 0.25) is 0 Å². The van der Waals surface area contributed by atoms with Crippen LogP contribution in [0.1, 0.15) is 10.4 Å². The number of anilines is 1. The van der Waals surface area contributed by atoms with Gasteiger partial charge in [0.1, 0.15) is 0 Å². The number of H-pyrrole nitrogens is 2. The molecule has 6 heteroatoms. The van der Waals surface area contributed by atoms with Gasteiger partial charge in [-0.25, -0.2) is 0 Å². The summed E-state index contributed by atoms with van der Waals surface area (Å²) in [6.07, 6.45) is 3.42. The number of hydrogen-bond donors (Lipinski definition) is 3. The maximum absolute atomic E-state index is 12.4. The lowest BCUT2D eigenvalue weighted by Gasteiger charge is -2.06. The molecule has 0 aliphatic carbocycles. The first-order valence-electron chi connectivity index (χ1n) is 6.48. The number of aromatic nitrogens is 4. The van der Waals surface area contributed by atoms with Gasteiger partial charge in [0.25, 0.3) is 5.91 Å². The number of benzene rings is 2. The molecule has 0 aliphatic heterocycles. The lowest BCUT2D eigenvalue weighted by atomic mass is 10.1. The fourth-order valence-corrected chi connectivity index (χ4v) is 2.38. The van der Waals surface area contributed by atoms with Gasteiger partial charge in [0.05, 0.1) is 29.0 Å². The van der Waals surface area contributed by atoms with Crippen LogP contribution in [0.25, 0.3) is 21.8 Å². The lowest BCUT2D eigenvalue weighted by molar-refractivity contribution is 0.102. The second-order valence-electron chi connectivity index (χ2n) is 4.77. The van der Waals surface area contributed by atoms with Crippen molar-refractivity contribution in [1.82, 2.24) is 20.4 Å². The summed E-state index contributed by atoms with van der Waals surface area (Å²) < 4.78 is 0. The third-order valence-electron chi connectivity index (χ3n) is 3.42. The van der Waals surface area contributed by atoms with Gasteiger partial charge in [-0.3, -0.25) is 15.0 Å². The minimum Gasteiger partial charge on any atom is -0.322 e. The van der Waals surface area contributed by atoms with Crippen LogP contribution in [0.2, 0.25) is 0 Å². The Balaban J connectivity index is 1.70. The molecule has 0 saturated carbocycles. The number of carbonyl (C=O) groups excluding carboxylic acids is 1. The summed E-state index contributed by atoms with van der Waals surface area (Å²) in [6.45, 7) is 0. The molecule has 0 unspecified atom stereocenters. The van der Waals surface area contributed by atoms with Gasteiger partial charge in [-0.15, -0.1) is 0 Å². The van der Waals surface area contributed by atoms with Gasteiger partial charge in [-0.05, 0) is 24.3 Å². The van der Waals surface area contributed by atoms with Crippen LogP contribution < -0.4 is 5.32 Å². The number of rotatable bonds is 2. The highest BCUT2D eigenvalue weighted by molar-refractivity contribution is 6.12. The van der Waals surface area contributed by atoms with E-state index in [1.807, 2.05) is 30.3 Å². The summed E-state index contributed by atoms with van der Waals surface area (Å²) in [5.74, 6) is -0.173. The van der Waals surface area contributed by atoms with Crippen LogP contribution in [-0.2, 0) is 0 Å². The molecule has 1 amide bonds. The molecule has 0 bridgehead atoms. The first-order valence-corrected chi connectivity index (χ1v) is 6.48. The third-order valence-corrected chi connectivity index (χ3v) is 3.42. The zero-order valence-electron chi connectivity index (χ0n) is 10.9. The first kappa shape index (κ1) is 11.7. The van der Waals surface area contributed by atoms with Gasteiger partial charge in [0, 0.05) is 16.5 Å². The average molecular weight is 277 g/mol. The molecule has 0 atom stereocenters. The van der Waals surface area contributed by atoms with E-state index in [9.17, 15) is 4.79 Å². The molecule has 6 nitrogen and oxygen atoms in total. The summed E-state index contributed by atoms with van der Waals surface area (Å²) in [5.41, 5.74) is 2.96. The highest BCUT2D eigenvalue weighted by Gasteiger charge is 2.11. The molecular formula is C15H11N5O. The summed E-state index contributed by atoms with van der Waals surface area (Å²) >= 11 is 0. The van der Waals surface area contributed by atoms with Crippen LogP contribution in [0.5, 0.6) is 0 Å². The van der Waals surface area contributed by atoms with Crippen molar-refractivity contribution < 1.29 is 4.79 Å². The minimum absolute atomic E-state index is 0.173. The second kappa shape index (κ2) is 4.45. The fourth-order valence-electron chi connectivity index (χ4n) is 2.38. The molecule has 0 radical (unpaired) electrons. The third kappa shape index (κ3) is 1.93. The Morgan fingerprint density at radius 1 is 1.00 bits per heavy atom. The maximum atomic E-state index is 12.4. The summed E-state index contributed by atoms with van der Waals surface area (Å²) in [4.78, 5) is 12.4. The SMILES string of the molecule is O=C(Nc1ccc2[nH]ncc2c1)c1cccc2cn[nH]c12. The van der Waals surface area contributed by atoms with E-state index in [2.05, 4.69) is 25.7 Å². The molecule has 102 valence electrons. The van der Waals surface area contributed by atoms with E-state index >= 15 is 0 Å². The van der Waals surface area contributed by atoms with E-state index in [-0.39, 0.29) is 5.91 Å². The zero-order chi connectivity index (χ0) is 14.2. The van der Waals surface area contributed by atoms with Crippen molar-refractivity contribution in [2.75, 3.05) is 5.32 Å². The smallest absolute Gasteiger partial charge is 0.257 e. The highest BCUT2D eigenvalue weighted by Crippen LogP contribution is 2.20. The Morgan fingerprint density at radius 3 is 2.81 bits per heavy atom. The lowest BCUT2D eigenvalue weighted by Crippen LogP contribution is -2.12. The van der Waals surface area contributed by atoms with Crippen LogP contribution >= 0.6 is 0 Å². The Hall–Kier alpha value is -3.15. The van der Waals surface area contributed by atoms with Crippen molar-refractivity contribution in [1.29, 1.82) is 0 Å². The van der Waals surface area contributed by atoms with E-state index < -0.39 is 0 Å². The van der Waals surface area contributed by atoms with Crippen LogP contribution in [0.3, 0.4) is 0 Å². The standard InChI is InChI=1S/C15H11N5O/c21-15(12-3-1-2-9-7-17-20-14(9)12)18-11-4-5-13-10(6-11)8-16-19-13/h1-8H,(H,16,19)(H,17,20)(H,18,21). The van der Waals surface area contributed by atoms with Gasteiger partial charge >= 0.3 is 0 Å². The van der Waals surface area contributed by atoms with Crippen LogP contribution in [0, 0.1) is 0 Å². The number of nitrogens with one attached hydrogen (secondary N) is 3. The maximum Gasteiger partial charge on any atom is 0.257 e. The Morgan fingerprint density at radius 2 is 1.86 bits per heavy atom.